The van der Waals surface area contributed by atoms with Gasteiger partial charge in [0.15, 0.2) is 0 Å². The molecule has 1 aromatic heterocycles. The number of carbonyl (C=O) groups is 1. The lowest BCUT2D eigenvalue weighted by molar-refractivity contribution is -0.122. The number of amides is 1. The van der Waals surface area contributed by atoms with E-state index in [1.165, 1.54) is 0 Å². The van der Waals surface area contributed by atoms with Gasteiger partial charge in [-0.15, -0.1) is 0 Å². The summed E-state index contributed by atoms with van der Waals surface area (Å²) >= 11 is 0. The van der Waals surface area contributed by atoms with Crippen LogP contribution in [0.1, 0.15) is 41.5 Å². The lowest BCUT2D eigenvalue weighted by Crippen LogP contribution is -2.32. The van der Waals surface area contributed by atoms with E-state index in [1.54, 1.807) is 6.92 Å². The number of fused-ring (bicyclic) bond motifs is 1. The second kappa shape index (κ2) is 7.07. The average Bonchev–Trinajstić information content (AvgIpc) is 2.96. The van der Waals surface area contributed by atoms with Crippen molar-refractivity contribution in [1.29, 1.82) is 0 Å². The molecule has 25 heavy (non-hydrogen) atoms. The monoisotopic (exact) mass is 338 g/mol. The van der Waals surface area contributed by atoms with Gasteiger partial charge in [0.2, 0.25) is 5.91 Å². The maximum atomic E-state index is 12.4. The van der Waals surface area contributed by atoms with Gasteiger partial charge in [-0.05, 0) is 43.2 Å². The van der Waals surface area contributed by atoms with Gasteiger partial charge >= 0.3 is 0 Å². The van der Waals surface area contributed by atoms with Crippen LogP contribution in [0.2, 0.25) is 0 Å². The molecular weight excluding hydrogens is 316 g/mol. The van der Waals surface area contributed by atoms with Gasteiger partial charge in [0.05, 0.1) is 17.7 Å². The molecule has 0 aliphatic carbocycles. The smallest absolute Gasteiger partial charge is 0.227 e. The van der Waals surface area contributed by atoms with Crippen molar-refractivity contribution in [3.8, 4) is 0 Å². The van der Waals surface area contributed by atoms with Crippen LogP contribution < -0.4 is 5.32 Å². The number of carbonyl (C=O) groups excluding carboxylic acids is 1. The summed E-state index contributed by atoms with van der Waals surface area (Å²) in [5.41, 5.74) is 2.30. The van der Waals surface area contributed by atoms with E-state index in [-0.39, 0.29) is 18.4 Å². The first-order valence-electron chi connectivity index (χ1n) is 8.34. The molecular formula is C20H22N2O3. The first-order chi connectivity index (χ1) is 12.0. The van der Waals surface area contributed by atoms with Gasteiger partial charge in [-0.25, -0.2) is 0 Å². The van der Waals surface area contributed by atoms with Crippen molar-refractivity contribution >= 4 is 16.7 Å². The molecule has 2 aromatic carbocycles. The summed E-state index contributed by atoms with van der Waals surface area (Å²) in [6.07, 6.45) is -0.759. The van der Waals surface area contributed by atoms with Gasteiger partial charge in [-0.3, -0.25) is 4.79 Å². The molecule has 5 heteroatoms. The minimum Gasteiger partial charge on any atom is -0.387 e. The number of aromatic nitrogens is 1. The summed E-state index contributed by atoms with van der Waals surface area (Å²) in [6.45, 7) is 5.58. The Kier molecular flexibility index (Phi) is 4.86. The van der Waals surface area contributed by atoms with Crippen LogP contribution >= 0.6 is 0 Å². The molecule has 0 radical (unpaired) electrons. The minimum absolute atomic E-state index is 0.158. The second-order valence-electron chi connectivity index (χ2n) is 6.33. The van der Waals surface area contributed by atoms with Crippen LogP contribution in [0.15, 0.2) is 47.0 Å². The van der Waals surface area contributed by atoms with E-state index in [0.717, 1.165) is 27.6 Å². The number of aliphatic hydroxyl groups excluding tert-OH is 1. The van der Waals surface area contributed by atoms with Crippen molar-refractivity contribution in [2.75, 3.05) is 6.54 Å². The third-order valence-corrected chi connectivity index (χ3v) is 4.54. The molecule has 2 atom stereocenters. The molecule has 3 rings (SSSR count). The number of aliphatic hydroxyl groups is 1. The first kappa shape index (κ1) is 17.2. The Morgan fingerprint density at radius 3 is 2.60 bits per heavy atom. The largest absolute Gasteiger partial charge is 0.387 e. The Morgan fingerprint density at radius 1 is 1.20 bits per heavy atom. The summed E-state index contributed by atoms with van der Waals surface area (Å²) in [4.78, 5) is 12.4. The molecule has 0 spiro atoms. The topological polar surface area (TPSA) is 75.4 Å². The predicted octanol–water partition coefficient (Wildman–Crippen LogP) is 3.40. The first-order valence-corrected chi connectivity index (χ1v) is 8.34. The van der Waals surface area contributed by atoms with E-state index in [2.05, 4.69) is 10.5 Å². The molecule has 0 saturated carbocycles. The molecule has 1 heterocycles. The molecule has 0 bridgehead atoms. The molecule has 5 nitrogen and oxygen atoms in total. The number of hydrogen-bond donors (Lipinski definition) is 2. The maximum Gasteiger partial charge on any atom is 0.227 e. The van der Waals surface area contributed by atoms with Gasteiger partial charge in [-0.2, -0.15) is 0 Å². The third kappa shape index (κ3) is 3.56. The van der Waals surface area contributed by atoms with Crippen LogP contribution in [0.4, 0.5) is 0 Å². The van der Waals surface area contributed by atoms with Gasteiger partial charge in [0, 0.05) is 12.1 Å². The molecule has 0 unspecified atom stereocenters. The fourth-order valence-electron chi connectivity index (χ4n) is 3.12. The number of nitrogens with one attached hydrogen (secondary N) is 1. The van der Waals surface area contributed by atoms with Crippen LogP contribution in [0, 0.1) is 13.8 Å². The molecule has 0 saturated heterocycles. The summed E-state index contributed by atoms with van der Waals surface area (Å²) in [6, 6.07) is 13.8. The van der Waals surface area contributed by atoms with Gasteiger partial charge in [0.1, 0.15) is 5.76 Å². The van der Waals surface area contributed by atoms with E-state index in [0.29, 0.717) is 5.76 Å². The summed E-state index contributed by atoms with van der Waals surface area (Å²) in [5, 5.41) is 19.3. The van der Waals surface area contributed by atoms with E-state index in [4.69, 9.17) is 4.52 Å². The Bertz CT molecular complexity index is 881. The summed E-state index contributed by atoms with van der Waals surface area (Å²) < 4.78 is 5.12. The van der Waals surface area contributed by atoms with Gasteiger partial charge in [-0.1, -0.05) is 41.6 Å². The Hall–Kier alpha value is -2.66. The molecule has 0 aliphatic rings. The van der Waals surface area contributed by atoms with Crippen molar-refractivity contribution in [2.45, 2.75) is 32.8 Å². The highest BCUT2D eigenvalue weighted by Gasteiger charge is 2.23. The van der Waals surface area contributed by atoms with Crippen molar-refractivity contribution in [3.05, 3.63) is 65.0 Å². The fraction of sp³-hybridized carbons (Fsp3) is 0.300. The fourth-order valence-corrected chi connectivity index (χ4v) is 3.12. The predicted molar refractivity (Wildman–Crippen MR) is 96.3 cm³/mol. The molecule has 2 N–H and O–H groups in total. The number of rotatable bonds is 5. The molecule has 130 valence electrons. The quantitative estimate of drug-likeness (QED) is 0.748. The highest BCUT2D eigenvalue weighted by atomic mass is 16.5. The van der Waals surface area contributed by atoms with Crippen molar-refractivity contribution in [3.63, 3.8) is 0 Å². The van der Waals surface area contributed by atoms with Crippen LogP contribution in [0.25, 0.3) is 10.8 Å². The lowest BCUT2D eigenvalue weighted by Gasteiger charge is -2.16. The van der Waals surface area contributed by atoms with Crippen molar-refractivity contribution in [2.24, 2.45) is 0 Å². The van der Waals surface area contributed by atoms with Gasteiger partial charge in [0.25, 0.3) is 0 Å². The SMILES string of the molecule is Cc1noc(C)c1[C@@H](C)C(=O)NC[C@H](O)c1ccc2ccccc2c1. The standard InChI is InChI=1S/C20H22N2O3/c1-12(19-13(2)22-25-14(19)3)20(24)21-11-18(23)17-9-8-15-6-4-5-7-16(15)10-17/h4-10,12,18,23H,11H2,1-3H3,(H,21,24)/t12-,18+/m1/s1. The van der Waals surface area contributed by atoms with E-state index in [9.17, 15) is 9.90 Å². The number of benzene rings is 2. The van der Waals surface area contributed by atoms with E-state index < -0.39 is 6.10 Å². The van der Waals surface area contributed by atoms with Crippen LogP contribution in [-0.4, -0.2) is 22.7 Å². The van der Waals surface area contributed by atoms with Crippen LogP contribution in [0.3, 0.4) is 0 Å². The van der Waals surface area contributed by atoms with Crippen molar-refractivity contribution in [1.82, 2.24) is 10.5 Å². The number of aryl methyl sites for hydroxylation is 2. The lowest BCUT2D eigenvalue weighted by atomic mass is 9.98. The second-order valence-corrected chi connectivity index (χ2v) is 6.33. The van der Waals surface area contributed by atoms with Crippen LogP contribution in [-0.2, 0) is 4.79 Å². The summed E-state index contributed by atoms with van der Waals surface area (Å²) in [7, 11) is 0. The normalized spacial score (nSPS) is 13.6. The number of hydrogen-bond acceptors (Lipinski definition) is 4. The van der Waals surface area contributed by atoms with E-state index >= 15 is 0 Å². The number of nitrogens with zero attached hydrogens (tertiary/aromatic N) is 1. The van der Waals surface area contributed by atoms with E-state index in [1.807, 2.05) is 56.3 Å². The highest BCUT2D eigenvalue weighted by molar-refractivity contribution is 5.84. The molecule has 3 aromatic rings. The van der Waals surface area contributed by atoms with Crippen LogP contribution in [0.5, 0.6) is 0 Å². The zero-order valence-electron chi connectivity index (χ0n) is 14.6. The zero-order valence-corrected chi connectivity index (χ0v) is 14.6. The Morgan fingerprint density at radius 2 is 1.92 bits per heavy atom. The minimum atomic E-state index is -0.759. The Labute approximate surface area is 146 Å². The molecule has 1 amide bonds. The summed E-state index contributed by atoms with van der Waals surface area (Å²) in [5.74, 6) is 0.111. The Balaban J connectivity index is 1.66. The molecule has 0 fully saturated rings. The van der Waals surface area contributed by atoms with Gasteiger partial charge < -0.3 is 14.9 Å². The third-order valence-electron chi connectivity index (χ3n) is 4.54. The maximum absolute atomic E-state index is 12.4. The molecule has 0 aliphatic heterocycles. The zero-order chi connectivity index (χ0) is 18.0. The highest BCUT2D eigenvalue weighted by Crippen LogP contribution is 2.24. The average molecular weight is 338 g/mol. The van der Waals surface area contributed by atoms with Crippen molar-refractivity contribution < 1.29 is 14.4 Å².